The molecule has 0 amide bonds. The SMILES string of the molecule is C=C(C)C(=O)OCCCCCOc1ccc(C(=O)Oc2ccc(C)cc2)cc1. The summed E-state index contributed by atoms with van der Waals surface area (Å²) in [5.74, 6) is 0.461. The van der Waals surface area contributed by atoms with Crippen LogP contribution in [-0.4, -0.2) is 25.2 Å². The molecule has 0 aromatic heterocycles. The van der Waals surface area contributed by atoms with Gasteiger partial charge in [0.15, 0.2) is 0 Å². The molecule has 0 spiro atoms. The monoisotopic (exact) mass is 382 g/mol. The number of hydrogen-bond acceptors (Lipinski definition) is 5. The number of unbranched alkanes of at least 4 members (excludes halogenated alkanes) is 2. The van der Waals surface area contributed by atoms with Gasteiger partial charge in [-0.25, -0.2) is 9.59 Å². The molecule has 0 aliphatic carbocycles. The van der Waals surface area contributed by atoms with Gasteiger partial charge in [-0.2, -0.15) is 0 Å². The second-order valence-corrected chi connectivity index (χ2v) is 6.55. The largest absolute Gasteiger partial charge is 0.494 e. The summed E-state index contributed by atoms with van der Waals surface area (Å²) >= 11 is 0. The van der Waals surface area contributed by atoms with Crippen LogP contribution < -0.4 is 9.47 Å². The summed E-state index contributed by atoms with van der Waals surface area (Å²) in [6, 6.07) is 14.2. The number of hydrogen-bond donors (Lipinski definition) is 0. The number of carbonyl (C=O) groups excluding carboxylic acids is 2. The van der Waals surface area contributed by atoms with Crippen molar-refractivity contribution in [2.45, 2.75) is 33.1 Å². The minimum atomic E-state index is -0.403. The summed E-state index contributed by atoms with van der Waals surface area (Å²) in [5, 5.41) is 0. The number of esters is 2. The molecule has 2 rings (SSSR count). The van der Waals surface area contributed by atoms with Crippen LogP contribution in [0.4, 0.5) is 0 Å². The highest BCUT2D eigenvalue weighted by atomic mass is 16.5. The molecule has 0 unspecified atom stereocenters. The summed E-state index contributed by atoms with van der Waals surface area (Å²) in [6.07, 6.45) is 2.53. The molecule has 5 nitrogen and oxygen atoms in total. The Kier molecular flexibility index (Phi) is 8.28. The number of carbonyl (C=O) groups is 2. The molecule has 0 N–H and O–H groups in total. The molecule has 0 radical (unpaired) electrons. The van der Waals surface area contributed by atoms with Gasteiger partial charge in [-0.1, -0.05) is 24.3 Å². The van der Waals surface area contributed by atoms with Crippen molar-refractivity contribution in [2.75, 3.05) is 13.2 Å². The Balaban J connectivity index is 1.66. The van der Waals surface area contributed by atoms with Crippen molar-refractivity contribution in [3.05, 3.63) is 71.8 Å². The average molecular weight is 382 g/mol. The summed E-state index contributed by atoms with van der Waals surface area (Å²) in [5.41, 5.74) is 1.98. The van der Waals surface area contributed by atoms with Crippen molar-refractivity contribution >= 4 is 11.9 Å². The molecule has 0 bridgehead atoms. The molecule has 0 fully saturated rings. The fourth-order valence-corrected chi connectivity index (χ4v) is 2.32. The van der Waals surface area contributed by atoms with E-state index >= 15 is 0 Å². The maximum Gasteiger partial charge on any atom is 0.343 e. The summed E-state index contributed by atoms with van der Waals surface area (Å²) < 4.78 is 16.0. The maximum absolute atomic E-state index is 12.2. The van der Waals surface area contributed by atoms with Gasteiger partial charge in [-0.15, -0.1) is 0 Å². The van der Waals surface area contributed by atoms with E-state index in [-0.39, 0.29) is 5.97 Å². The van der Waals surface area contributed by atoms with E-state index in [1.807, 2.05) is 19.1 Å². The van der Waals surface area contributed by atoms with Gasteiger partial charge in [0.05, 0.1) is 18.8 Å². The molecule has 2 aromatic carbocycles. The van der Waals surface area contributed by atoms with Crippen molar-refractivity contribution in [1.82, 2.24) is 0 Å². The second kappa shape index (κ2) is 10.9. The van der Waals surface area contributed by atoms with E-state index in [4.69, 9.17) is 14.2 Å². The summed E-state index contributed by atoms with van der Waals surface area (Å²) in [6.45, 7) is 8.09. The lowest BCUT2D eigenvalue weighted by Gasteiger charge is -2.08. The van der Waals surface area contributed by atoms with Crippen LogP contribution in [0.3, 0.4) is 0 Å². The third-order valence-corrected chi connectivity index (χ3v) is 3.96. The van der Waals surface area contributed by atoms with Gasteiger partial charge >= 0.3 is 11.9 Å². The van der Waals surface area contributed by atoms with Gasteiger partial charge in [0.1, 0.15) is 11.5 Å². The van der Waals surface area contributed by atoms with Gasteiger partial charge in [0.2, 0.25) is 0 Å². The summed E-state index contributed by atoms with van der Waals surface area (Å²) in [4.78, 5) is 23.4. The first-order valence-corrected chi connectivity index (χ1v) is 9.30. The molecule has 148 valence electrons. The van der Waals surface area contributed by atoms with E-state index in [2.05, 4.69) is 6.58 Å². The van der Waals surface area contributed by atoms with Gasteiger partial charge < -0.3 is 14.2 Å². The van der Waals surface area contributed by atoms with Crippen LogP contribution in [0.15, 0.2) is 60.7 Å². The molecule has 0 saturated heterocycles. The first-order valence-electron chi connectivity index (χ1n) is 9.30. The zero-order valence-corrected chi connectivity index (χ0v) is 16.4. The van der Waals surface area contributed by atoms with Gasteiger partial charge in [-0.05, 0) is 69.5 Å². The van der Waals surface area contributed by atoms with Crippen molar-refractivity contribution in [3.8, 4) is 11.5 Å². The standard InChI is InChI=1S/C23H26O5/c1-17(2)22(24)27-16-6-4-5-15-26-20-13-9-19(10-14-20)23(25)28-21-11-7-18(3)8-12-21/h7-14H,1,4-6,15-16H2,2-3H3. The lowest BCUT2D eigenvalue weighted by atomic mass is 10.2. The Morgan fingerprint density at radius 1 is 0.857 bits per heavy atom. The van der Waals surface area contributed by atoms with Crippen molar-refractivity contribution in [1.29, 1.82) is 0 Å². The molecule has 2 aromatic rings. The van der Waals surface area contributed by atoms with Crippen LogP contribution in [0.25, 0.3) is 0 Å². The Morgan fingerprint density at radius 2 is 1.46 bits per heavy atom. The van der Waals surface area contributed by atoms with Crippen LogP contribution in [0.1, 0.15) is 42.1 Å². The Labute approximate surface area is 165 Å². The van der Waals surface area contributed by atoms with Crippen LogP contribution in [0.2, 0.25) is 0 Å². The van der Waals surface area contributed by atoms with E-state index in [0.717, 1.165) is 24.8 Å². The highest BCUT2D eigenvalue weighted by Crippen LogP contribution is 2.17. The molecular formula is C23H26O5. The minimum Gasteiger partial charge on any atom is -0.494 e. The molecule has 28 heavy (non-hydrogen) atoms. The molecule has 0 aliphatic heterocycles. The fraction of sp³-hybridized carbons (Fsp3) is 0.304. The van der Waals surface area contributed by atoms with Crippen LogP contribution in [0, 0.1) is 6.92 Å². The molecule has 0 heterocycles. The van der Waals surface area contributed by atoms with E-state index < -0.39 is 5.97 Å². The lowest BCUT2D eigenvalue weighted by molar-refractivity contribution is -0.139. The lowest BCUT2D eigenvalue weighted by Crippen LogP contribution is -2.08. The predicted octanol–water partition coefficient (Wildman–Crippen LogP) is 4.88. The third-order valence-electron chi connectivity index (χ3n) is 3.96. The zero-order chi connectivity index (χ0) is 20.4. The Bertz CT molecular complexity index is 791. The predicted molar refractivity (Wildman–Crippen MR) is 108 cm³/mol. The smallest absolute Gasteiger partial charge is 0.343 e. The van der Waals surface area contributed by atoms with E-state index in [0.29, 0.717) is 35.8 Å². The van der Waals surface area contributed by atoms with Gasteiger partial charge in [0.25, 0.3) is 0 Å². The zero-order valence-electron chi connectivity index (χ0n) is 16.4. The molecule has 0 saturated carbocycles. The topological polar surface area (TPSA) is 61.8 Å². The van der Waals surface area contributed by atoms with Gasteiger partial charge in [0, 0.05) is 5.57 Å². The molecule has 0 aliphatic rings. The van der Waals surface area contributed by atoms with Crippen LogP contribution in [-0.2, 0) is 9.53 Å². The summed E-state index contributed by atoms with van der Waals surface area (Å²) in [7, 11) is 0. The van der Waals surface area contributed by atoms with E-state index in [1.165, 1.54) is 0 Å². The van der Waals surface area contributed by atoms with Crippen molar-refractivity contribution in [3.63, 3.8) is 0 Å². The second-order valence-electron chi connectivity index (χ2n) is 6.55. The van der Waals surface area contributed by atoms with Crippen LogP contribution in [0.5, 0.6) is 11.5 Å². The fourth-order valence-electron chi connectivity index (χ4n) is 2.32. The normalized spacial score (nSPS) is 10.2. The number of rotatable bonds is 10. The quantitative estimate of drug-likeness (QED) is 0.254. The Hall–Kier alpha value is -3.08. The first-order chi connectivity index (χ1) is 13.5. The van der Waals surface area contributed by atoms with E-state index in [9.17, 15) is 9.59 Å². The van der Waals surface area contributed by atoms with Crippen LogP contribution >= 0.6 is 0 Å². The van der Waals surface area contributed by atoms with Gasteiger partial charge in [-0.3, -0.25) is 0 Å². The molecule has 5 heteroatoms. The number of aryl methyl sites for hydroxylation is 1. The van der Waals surface area contributed by atoms with E-state index in [1.54, 1.807) is 43.3 Å². The van der Waals surface area contributed by atoms with Crippen molar-refractivity contribution in [2.24, 2.45) is 0 Å². The average Bonchev–Trinajstić information content (AvgIpc) is 2.69. The Morgan fingerprint density at radius 3 is 2.11 bits per heavy atom. The number of ether oxygens (including phenoxy) is 3. The molecular weight excluding hydrogens is 356 g/mol. The molecule has 0 atom stereocenters. The first kappa shape index (κ1) is 21.2. The minimum absolute atomic E-state index is 0.350. The maximum atomic E-state index is 12.2. The van der Waals surface area contributed by atoms with Crippen molar-refractivity contribution < 1.29 is 23.8 Å². The highest BCUT2D eigenvalue weighted by Gasteiger charge is 2.08. The highest BCUT2D eigenvalue weighted by molar-refractivity contribution is 5.91. The number of benzene rings is 2. The third kappa shape index (κ3) is 7.27.